The fraction of sp³-hybridized carbons (Fsp3) is 0.800. The number of carbonyl (C=O) groups excluding carboxylic acids is 1. The molecule has 0 spiro atoms. The summed E-state index contributed by atoms with van der Waals surface area (Å²) in [5, 5.41) is 7.15. The molecule has 15 heavy (non-hydrogen) atoms. The third kappa shape index (κ3) is 4.67. The minimum Gasteiger partial charge on any atom is -0.388 e. The number of amidine groups is 1. The Labute approximate surface area is 91.7 Å². The Bertz CT molecular complexity index is 227. The van der Waals surface area contributed by atoms with Gasteiger partial charge in [0, 0.05) is 32.6 Å². The molecule has 0 aliphatic heterocycles. The van der Waals surface area contributed by atoms with Crippen molar-refractivity contribution in [3.63, 3.8) is 0 Å². The number of hydrogen-bond acceptors (Lipinski definition) is 2. The van der Waals surface area contributed by atoms with E-state index in [1.54, 1.807) is 16.8 Å². The Balaban J connectivity index is 4.38. The van der Waals surface area contributed by atoms with E-state index >= 15 is 0 Å². The van der Waals surface area contributed by atoms with E-state index in [1.165, 1.54) is 0 Å². The number of rotatable bonds is 5. The number of nitrogens with zero attached hydrogens (tertiary/aromatic N) is 2. The van der Waals surface area contributed by atoms with Crippen LogP contribution in [-0.4, -0.2) is 47.8 Å². The van der Waals surface area contributed by atoms with Crippen LogP contribution in [0, 0.1) is 5.41 Å². The number of nitrogens with one attached hydrogen (secondary N) is 1. The molecule has 0 aromatic rings. The van der Waals surface area contributed by atoms with Crippen molar-refractivity contribution in [2.45, 2.75) is 33.2 Å². The summed E-state index contributed by atoms with van der Waals surface area (Å²) in [5.41, 5.74) is 5.28. The summed E-state index contributed by atoms with van der Waals surface area (Å²) in [6, 6.07) is 0.125. The normalized spacial score (nSPS) is 10.2. The van der Waals surface area contributed by atoms with Crippen LogP contribution < -0.4 is 5.73 Å². The first-order valence-electron chi connectivity index (χ1n) is 5.24. The molecular weight excluding hydrogens is 192 g/mol. The van der Waals surface area contributed by atoms with Gasteiger partial charge in [0.1, 0.15) is 0 Å². The predicted molar refractivity (Wildman–Crippen MR) is 62.1 cm³/mol. The van der Waals surface area contributed by atoms with Crippen LogP contribution in [0.2, 0.25) is 0 Å². The van der Waals surface area contributed by atoms with Gasteiger partial charge >= 0.3 is 6.03 Å². The van der Waals surface area contributed by atoms with Gasteiger partial charge in [-0.05, 0) is 20.8 Å². The maximum Gasteiger partial charge on any atom is 0.319 e. The first-order valence-corrected chi connectivity index (χ1v) is 5.24. The van der Waals surface area contributed by atoms with Crippen molar-refractivity contribution in [3.8, 4) is 0 Å². The van der Waals surface area contributed by atoms with Gasteiger partial charge in [0.05, 0.1) is 5.84 Å². The Morgan fingerprint density at radius 3 is 2.33 bits per heavy atom. The standard InChI is InChI=1S/C10H22N4O/c1-5-13(4)10(15)14(8(2)3)7-6-9(11)12/h8H,5-7H2,1-4H3,(H3,11,12). The Morgan fingerprint density at radius 2 is 2.00 bits per heavy atom. The van der Waals surface area contributed by atoms with Gasteiger partial charge in [-0.15, -0.1) is 0 Å². The molecular formula is C10H22N4O. The van der Waals surface area contributed by atoms with Gasteiger partial charge < -0.3 is 15.5 Å². The molecule has 0 unspecified atom stereocenters. The lowest BCUT2D eigenvalue weighted by Crippen LogP contribution is -2.45. The van der Waals surface area contributed by atoms with Crippen molar-refractivity contribution < 1.29 is 4.79 Å². The first-order chi connectivity index (χ1) is 6.90. The zero-order valence-corrected chi connectivity index (χ0v) is 10.1. The highest BCUT2D eigenvalue weighted by Gasteiger charge is 2.19. The van der Waals surface area contributed by atoms with Crippen LogP contribution in [0.5, 0.6) is 0 Å². The van der Waals surface area contributed by atoms with E-state index in [-0.39, 0.29) is 17.9 Å². The van der Waals surface area contributed by atoms with Crippen molar-refractivity contribution in [2.24, 2.45) is 5.73 Å². The largest absolute Gasteiger partial charge is 0.388 e. The van der Waals surface area contributed by atoms with Gasteiger partial charge in [-0.25, -0.2) is 4.79 Å². The molecule has 0 bridgehead atoms. The van der Waals surface area contributed by atoms with Gasteiger partial charge in [-0.1, -0.05) is 0 Å². The second kappa shape index (κ2) is 6.27. The molecule has 5 heteroatoms. The van der Waals surface area contributed by atoms with Gasteiger partial charge in [0.2, 0.25) is 0 Å². The van der Waals surface area contributed by atoms with Crippen LogP contribution in [0.25, 0.3) is 0 Å². The number of hydrogen-bond donors (Lipinski definition) is 2. The number of carbonyl (C=O) groups is 1. The molecule has 0 heterocycles. The zero-order chi connectivity index (χ0) is 12.0. The average Bonchev–Trinajstić information content (AvgIpc) is 2.15. The van der Waals surface area contributed by atoms with E-state index in [2.05, 4.69) is 0 Å². The minimum atomic E-state index is -0.00579. The lowest BCUT2D eigenvalue weighted by molar-refractivity contribution is 0.153. The van der Waals surface area contributed by atoms with Crippen LogP contribution in [-0.2, 0) is 0 Å². The quantitative estimate of drug-likeness (QED) is 0.531. The molecule has 0 aromatic carbocycles. The summed E-state index contributed by atoms with van der Waals surface area (Å²) in [4.78, 5) is 15.2. The van der Waals surface area contributed by atoms with Crippen molar-refractivity contribution in [2.75, 3.05) is 20.1 Å². The maximum atomic E-state index is 11.9. The topological polar surface area (TPSA) is 73.4 Å². The zero-order valence-electron chi connectivity index (χ0n) is 10.1. The summed E-state index contributed by atoms with van der Waals surface area (Å²) in [5.74, 6) is 0.118. The van der Waals surface area contributed by atoms with Crippen LogP contribution >= 0.6 is 0 Å². The third-order valence-corrected chi connectivity index (χ3v) is 2.29. The van der Waals surface area contributed by atoms with Crippen LogP contribution in [0.15, 0.2) is 0 Å². The predicted octanol–water partition coefficient (Wildman–Crippen LogP) is 1.09. The molecule has 0 aromatic heterocycles. The lowest BCUT2D eigenvalue weighted by atomic mass is 10.3. The second-order valence-corrected chi connectivity index (χ2v) is 3.86. The molecule has 3 N–H and O–H groups in total. The van der Waals surface area contributed by atoms with E-state index in [0.29, 0.717) is 19.5 Å². The highest BCUT2D eigenvalue weighted by Crippen LogP contribution is 2.04. The molecule has 88 valence electrons. The molecule has 0 fully saturated rings. The highest BCUT2D eigenvalue weighted by atomic mass is 16.2. The van der Waals surface area contributed by atoms with Crippen molar-refractivity contribution >= 4 is 11.9 Å². The van der Waals surface area contributed by atoms with E-state index in [9.17, 15) is 4.79 Å². The average molecular weight is 214 g/mol. The molecule has 0 aliphatic carbocycles. The van der Waals surface area contributed by atoms with E-state index < -0.39 is 0 Å². The Morgan fingerprint density at radius 1 is 1.47 bits per heavy atom. The highest BCUT2D eigenvalue weighted by molar-refractivity contribution is 5.79. The first kappa shape index (κ1) is 13.7. The number of nitrogens with two attached hydrogens (primary N) is 1. The molecule has 0 radical (unpaired) electrons. The molecule has 0 aliphatic rings. The Kier molecular flexibility index (Phi) is 5.74. The van der Waals surface area contributed by atoms with E-state index in [1.807, 2.05) is 20.8 Å². The molecule has 2 amide bonds. The Hall–Kier alpha value is -1.26. The van der Waals surface area contributed by atoms with Gasteiger partial charge in [-0.2, -0.15) is 0 Å². The monoisotopic (exact) mass is 214 g/mol. The number of amides is 2. The molecule has 0 saturated carbocycles. The molecule has 5 nitrogen and oxygen atoms in total. The lowest BCUT2D eigenvalue weighted by Gasteiger charge is -2.30. The van der Waals surface area contributed by atoms with Crippen molar-refractivity contribution in [3.05, 3.63) is 0 Å². The van der Waals surface area contributed by atoms with Crippen LogP contribution in [0.1, 0.15) is 27.2 Å². The van der Waals surface area contributed by atoms with Gasteiger partial charge in [0.25, 0.3) is 0 Å². The summed E-state index contributed by atoms with van der Waals surface area (Å²) < 4.78 is 0. The maximum absolute atomic E-state index is 11.9. The number of urea groups is 1. The SMILES string of the molecule is CCN(C)C(=O)N(CCC(=N)N)C(C)C. The molecule has 0 rings (SSSR count). The van der Waals surface area contributed by atoms with Crippen molar-refractivity contribution in [1.82, 2.24) is 9.80 Å². The van der Waals surface area contributed by atoms with Crippen LogP contribution in [0.3, 0.4) is 0 Å². The van der Waals surface area contributed by atoms with Gasteiger partial charge in [0.15, 0.2) is 0 Å². The summed E-state index contributed by atoms with van der Waals surface area (Å²) in [6.45, 7) is 7.04. The fourth-order valence-corrected chi connectivity index (χ4v) is 1.17. The van der Waals surface area contributed by atoms with E-state index in [4.69, 9.17) is 11.1 Å². The summed E-state index contributed by atoms with van der Waals surface area (Å²) in [7, 11) is 1.77. The smallest absolute Gasteiger partial charge is 0.319 e. The molecule has 0 atom stereocenters. The summed E-state index contributed by atoms with van der Waals surface area (Å²) >= 11 is 0. The fourth-order valence-electron chi connectivity index (χ4n) is 1.17. The molecule has 0 saturated heterocycles. The summed E-state index contributed by atoms with van der Waals surface area (Å²) in [6.07, 6.45) is 0.432. The second-order valence-electron chi connectivity index (χ2n) is 3.86. The third-order valence-electron chi connectivity index (χ3n) is 2.29. The minimum absolute atomic E-state index is 0.00579. The van der Waals surface area contributed by atoms with Crippen LogP contribution in [0.4, 0.5) is 4.79 Å². The van der Waals surface area contributed by atoms with E-state index in [0.717, 1.165) is 0 Å². The van der Waals surface area contributed by atoms with Crippen molar-refractivity contribution in [1.29, 1.82) is 5.41 Å². The van der Waals surface area contributed by atoms with Gasteiger partial charge in [-0.3, -0.25) is 5.41 Å².